The fourth-order valence-corrected chi connectivity index (χ4v) is 1.62. The Balaban J connectivity index is 2.28. The average Bonchev–Trinajstić information content (AvgIpc) is 2.63. The molecule has 7 nitrogen and oxygen atoms in total. The van der Waals surface area contributed by atoms with Gasteiger partial charge in [-0.25, -0.2) is 14.3 Å². The van der Waals surface area contributed by atoms with Gasteiger partial charge in [-0.15, -0.1) is 5.10 Å². The standard InChI is InChI=1S/C12H17N5O2/c1-12(2,3)19-11(18)15-9-8(7-13)10-14-5-4-6-17(10)16-9/h4-6H,7,13H2,1-3H3,(H,15,16,18). The van der Waals surface area contributed by atoms with Crippen molar-refractivity contribution in [1.82, 2.24) is 14.6 Å². The van der Waals surface area contributed by atoms with Crippen LogP contribution in [0.15, 0.2) is 18.5 Å². The highest BCUT2D eigenvalue weighted by atomic mass is 16.6. The number of hydrogen-bond donors (Lipinski definition) is 2. The second-order valence-electron chi connectivity index (χ2n) is 5.05. The molecule has 0 spiro atoms. The molecule has 0 bridgehead atoms. The first-order valence-corrected chi connectivity index (χ1v) is 5.93. The van der Waals surface area contributed by atoms with Crippen molar-refractivity contribution in [3.05, 3.63) is 24.0 Å². The summed E-state index contributed by atoms with van der Waals surface area (Å²) in [5.41, 5.74) is 6.41. The van der Waals surface area contributed by atoms with Gasteiger partial charge in [0.15, 0.2) is 11.5 Å². The molecule has 0 aliphatic carbocycles. The van der Waals surface area contributed by atoms with Crippen LogP contribution in [0.5, 0.6) is 0 Å². The summed E-state index contributed by atoms with van der Waals surface area (Å²) in [6, 6.07) is 1.75. The molecule has 102 valence electrons. The fourth-order valence-electron chi connectivity index (χ4n) is 1.62. The van der Waals surface area contributed by atoms with Gasteiger partial charge in [0.1, 0.15) is 5.60 Å². The second kappa shape index (κ2) is 4.85. The molecule has 0 radical (unpaired) electrons. The van der Waals surface area contributed by atoms with Crippen LogP contribution in [0.25, 0.3) is 5.65 Å². The summed E-state index contributed by atoms with van der Waals surface area (Å²) < 4.78 is 6.74. The Labute approximate surface area is 110 Å². The van der Waals surface area contributed by atoms with E-state index in [4.69, 9.17) is 10.5 Å². The van der Waals surface area contributed by atoms with Crippen molar-refractivity contribution < 1.29 is 9.53 Å². The minimum absolute atomic E-state index is 0.228. The number of nitrogens with one attached hydrogen (secondary N) is 1. The first kappa shape index (κ1) is 13.3. The van der Waals surface area contributed by atoms with Gasteiger partial charge in [-0.1, -0.05) is 0 Å². The van der Waals surface area contributed by atoms with Crippen molar-refractivity contribution in [2.24, 2.45) is 5.73 Å². The van der Waals surface area contributed by atoms with E-state index >= 15 is 0 Å². The number of rotatable bonds is 2. The van der Waals surface area contributed by atoms with Gasteiger partial charge in [0, 0.05) is 18.9 Å². The van der Waals surface area contributed by atoms with Crippen LogP contribution in [0.4, 0.5) is 10.6 Å². The molecule has 0 aliphatic rings. The highest BCUT2D eigenvalue weighted by Crippen LogP contribution is 2.18. The molecule has 2 rings (SSSR count). The van der Waals surface area contributed by atoms with Gasteiger partial charge in [0.25, 0.3) is 0 Å². The van der Waals surface area contributed by atoms with Crippen molar-refractivity contribution in [2.45, 2.75) is 32.9 Å². The van der Waals surface area contributed by atoms with Gasteiger partial charge in [-0.05, 0) is 26.8 Å². The largest absolute Gasteiger partial charge is 0.444 e. The van der Waals surface area contributed by atoms with E-state index in [-0.39, 0.29) is 6.54 Å². The first-order chi connectivity index (χ1) is 8.90. The lowest BCUT2D eigenvalue weighted by molar-refractivity contribution is 0.0635. The Morgan fingerprint density at radius 1 is 1.53 bits per heavy atom. The van der Waals surface area contributed by atoms with Crippen molar-refractivity contribution in [2.75, 3.05) is 5.32 Å². The zero-order valence-electron chi connectivity index (χ0n) is 11.2. The van der Waals surface area contributed by atoms with E-state index < -0.39 is 11.7 Å². The molecule has 7 heteroatoms. The maximum absolute atomic E-state index is 11.7. The normalized spacial score (nSPS) is 11.6. The number of carbonyl (C=O) groups is 1. The molecule has 0 aromatic carbocycles. The molecular weight excluding hydrogens is 246 g/mol. The highest BCUT2D eigenvalue weighted by molar-refractivity contribution is 5.86. The van der Waals surface area contributed by atoms with E-state index in [1.807, 2.05) is 0 Å². The number of anilines is 1. The van der Waals surface area contributed by atoms with E-state index in [9.17, 15) is 4.79 Å². The minimum atomic E-state index is -0.565. The molecule has 0 saturated carbocycles. The van der Waals surface area contributed by atoms with Crippen molar-refractivity contribution in [1.29, 1.82) is 0 Å². The lowest BCUT2D eigenvalue weighted by atomic mass is 10.2. The lowest BCUT2D eigenvalue weighted by Gasteiger charge is -2.19. The zero-order chi connectivity index (χ0) is 14.0. The van der Waals surface area contributed by atoms with Crippen LogP contribution in [-0.2, 0) is 11.3 Å². The third-order valence-corrected chi connectivity index (χ3v) is 2.31. The lowest BCUT2D eigenvalue weighted by Crippen LogP contribution is -2.27. The molecule has 1 amide bonds. The number of amides is 1. The number of carbonyl (C=O) groups excluding carboxylic acids is 1. The van der Waals surface area contributed by atoms with Crippen molar-refractivity contribution in [3.63, 3.8) is 0 Å². The maximum Gasteiger partial charge on any atom is 0.413 e. The average molecular weight is 263 g/mol. The molecule has 2 aromatic heterocycles. The Morgan fingerprint density at radius 3 is 2.89 bits per heavy atom. The molecule has 0 saturated heterocycles. The van der Waals surface area contributed by atoms with E-state index in [1.165, 1.54) is 0 Å². The number of nitrogens with two attached hydrogens (primary N) is 1. The monoisotopic (exact) mass is 263 g/mol. The summed E-state index contributed by atoms with van der Waals surface area (Å²) >= 11 is 0. The number of hydrogen-bond acceptors (Lipinski definition) is 5. The maximum atomic E-state index is 11.7. The van der Waals surface area contributed by atoms with Crippen molar-refractivity contribution >= 4 is 17.6 Å². The summed E-state index contributed by atoms with van der Waals surface area (Å²) in [5.74, 6) is 0.371. The van der Waals surface area contributed by atoms with Gasteiger partial charge < -0.3 is 10.5 Å². The topological polar surface area (TPSA) is 94.5 Å². The minimum Gasteiger partial charge on any atom is -0.444 e. The highest BCUT2D eigenvalue weighted by Gasteiger charge is 2.19. The predicted molar refractivity (Wildman–Crippen MR) is 70.7 cm³/mol. The molecule has 2 heterocycles. The third-order valence-electron chi connectivity index (χ3n) is 2.31. The molecule has 0 fully saturated rings. The molecule has 0 atom stereocenters. The Hall–Kier alpha value is -2.15. The molecular formula is C12H17N5O2. The number of nitrogens with zero attached hydrogens (tertiary/aromatic N) is 3. The Bertz CT molecular complexity index is 600. The van der Waals surface area contributed by atoms with Crippen LogP contribution in [0, 0.1) is 0 Å². The van der Waals surface area contributed by atoms with Crippen LogP contribution in [0.3, 0.4) is 0 Å². The molecule has 0 aliphatic heterocycles. The number of fused-ring (bicyclic) bond motifs is 1. The summed E-state index contributed by atoms with van der Waals surface area (Å²) in [6.45, 7) is 5.61. The van der Waals surface area contributed by atoms with Crippen LogP contribution >= 0.6 is 0 Å². The summed E-state index contributed by atoms with van der Waals surface area (Å²) in [7, 11) is 0. The summed E-state index contributed by atoms with van der Waals surface area (Å²) in [4.78, 5) is 15.9. The SMILES string of the molecule is CC(C)(C)OC(=O)Nc1nn2cccnc2c1CN. The number of ether oxygens (including phenoxy) is 1. The third kappa shape index (κ3) is 3.00. The van der Waals surface area contributed by atoms with Gasteiger partial charge >= 0.3 is 6.09 Å². The van der Waals surface area contributed by atoms with Gasteiger partial charge in [-0.2, -0.15) is 0 Å². The van der Waals surface area contributed by atoms with Gasteiger partial charge in [0.2, 0.25) is 0 Å². The summed E-state index contributed by atoms with van der Waals surface area (Å²) in [5, 5.41) is 6.81. The van der Waals surface area contributed by atoms with E-state index in [0.29, 0.717) is 17.0 Å². The second-order valence-corrected chi connectivity index (χ2v) is 5.05. The van der Waals surface area contributed by atoms with E-state index in [2.05, 4.69) is 15.4 Å². The Kier molecular flexibility index (Phi) is 3.39. The van der Waals surface area contributed by atoms with Gasteiger partial charge in [-0.3, -0.25) is 5.32 Å². The quantitative estimate of drug-likeness (QED) is 0.856. The van der Waals surface area contributed by atoms with E-state index in [1.54, 1.807) is 43.7 Å². The smallest absolute Gasteiger partial charge is 0.413 e. The zero-order valence-corrected chi connectivity index (χ0v) is 11.2. The Morgan fingerprint density at radius 2 is 2.26 bits per heavy atom. The van der Waals surface area contributed by atoms with E-state index in [0.717, 1.165) is 0 Å². The van der Waals surface area contributed by atoms with Crippen molar-refractivity contribution in [3.8, 4) is 0 Å². The van der Waals surface area contributed by atoms with Crippen LogP contribution < -0.4 is 11.1 Å². The van der Waals surface area contributed by atoms with Crippen LogP contribution in [-0.4, -0.2) is 26.3 Å². The molecule has 3 N–H and O–H groups in total. The first-order valence-electron chi connectivity index (χ1n) is 5.93. The van der Waals surface area contributed by atoms with Crippen LogP contribution in [0.1, 0.15) is 26.3 Å². The number of aromatic nitrogens is 3. The fraction of sp³-hybridized carbons (Fsp3) is 0.417. The predicted octanol–water partition coefficient (Wildman–Crippen LogP) is 1.53. The summed E-state index contributed by atoms with van der Waals surface area (Å²) in [6.07, 6.45) is 2.82. The molecule has 0 unspecified atom stereocenters. The molecule has 19 heavy (non-hydrogen) atoms. The molecule has 2 aromatic rings. The van der Waals surface area contributed by atoms with Gasteiger partial charge in [0.05, 0.1) is 5.56 Å². The van der Waals surface area contributed by atoms with Crippen LogP contribution in [0.2, 0.25) is 0 Å².